The molecule has 0 radical (unpaired) electrons. The van der Waals surface area contributed by atoms with E-state index in [1.54, 1.807) is 14.0 Å². The summed E-state index contributed by atoms with van der Waals surface area (Å²) in [6.07, 6.45) is 0. The second-order valence-electron chi connectivity index (χ2n) is 4.73. The molecular formula is C10H20N2O3. The van der Waals surface area contributed by atoms with Crippen LogP contribution in [0.1, 0.15) is 27.7 Å². The molecule has 0 saturated carbocycles. The van der Waals surface area contributed by atoms with Gasteiger partial charge in [0.2, 0.25) is 5.91 Å². The average molecular weight is 216 g/mol. The molecular weight excluding hydrogens is 196 g/mol. The van der Waals surface area contributed by atoms with Crippen molar-refractivity contribution in [1.29, 1.82) is 0 Å². The summed E-state index contributed by atoms with van der Waals surface area (Å²) in [6, 6.07) is -0.657. The summed E-state index contributed by atoms with van der Waals surface area (Å²) in [5.74, 6) is -1.10. The van der Waals surface area contributed by atoms with E-state index in [0.717, 1.165) is 0 Å². The fourth-order valence-electron chi connectivity index (χ4n) is 1.01. The molecule has 0 saturated heterocycles. The number of likely N-dealkylation sites (N-methyl/N-ethyl adjacent to an activating group) is 1. The summed E-state index contributed by atoms with van der Waals surface area (Å²) in [4.78, 5) is 23.6. The first-order chi connectivity index (χ1) is 6.63. The number of amides is 1. The summed E-state index contributed by atoms with van der Waals surface area (Å²) >= 11 is 0. The van der Waals surface area contributed by atoms with Crippen molar-refractivity contribution in [2.75, 3.05) is 13.6 Å². The maximum absolute atomic E-state index is 11.5. The van der Waals surface area contributed by atoms with Crippen molar-refractivity contribution < 1.29 is 14.7 Å². The van der Waals surface area contributed by atoms with Crippen molar-refractivity contribution in [1.82, 2.24) is 10.2 Å². The largest absolute Gasteiger partial charge is 0.480 e. The number of nitrogens with one attached hydrogen (secondary N) is 1. The highest BCUT2D eigenvalue weighted by molar-refractivity contribution is 5.80. The normalized spacial score (nSPS) is 13.7. The second-order valence-corrected chi connectivity index (χ2v) is 4.73. The van der Waals surface area contributed by atoms with Crippen molar-refractivity contribution in [2.45, 2.75) is 39.3 Å². The SMILES string of the molecule is CC(C(=O)O)N(C)CC(=O)NC(C)(C)C. The van der Waals surface area contributed by atoms with E-state index in [1.165, 1.54) is 4.90 Å². The minimum absolute atomic E-state index is 0.0880. The molecule has 2 N–H and O–H groups in total. The zero-order valence-electron chi connectivity index (χ0n) is 10.00. The van der Waals surface area contributed by atoms with Crippen LogP contribution < -0.4 is 5.32 Å². The summed E-state index contributed by atoms with van der Waals surface area (Å²) in [7, 11) is 1.61. The molecule has 0 aliphatic heterocycles. The van der Waals surface area contributed by atoms with Crippen molar-refractivity contribution in [2.24, 2.45) is 0 Å². The number of hydrogen-bond acceptors (Lipinski definition) is 3. The summed E-state index contributed by atoms with van der Waals surface area (Å²) < 4.78 is 0. The Morgan fingerprint density at radius 2 is 1.87 bits per heavy atom. The number of hydrogen-bond donors (Lipinski definition) is 2. The second kappa shape index (κ2) is 5.11. The maximum Gasteiger partial charge on any atom is 0.320 e. The van der Waals surface area contributed by atoms with Crippen molar-refractivity contribution in [3.05, 3.63) is 0 Å². The minimum atomic E-state index is -0.930. The molecule has 1 atom stereocenters. The van der Waals surface area contributed by atoms with Gasteiger partial charge >= 0.3 is 5.97 Å². The van der Waals surface area contributed by atoms with Crippen LogP contribution in [0.25, 0.3) is 0 Å². The lowest BCUT2D eigenvalue weighted by molar-refractivity contribution is -0.142. The van der Waals surface area contributed by atoms with Crippen LogP contribution in [-0.4, -0.2) is 47.1 Å². The fraction of sp³-hybridized carbons (Fsp3) is 0.800. The molecule has 1 amide bonds. The molecule has 0 bridgehead atoms. The predicted molar refractivity (Wildman–Crippen MR) is 57.6 cm³/mol. The van der Waals surface area contributed by atoms with Gasteiger partial charge in [0.1, 0.15) is 6.04 Å². The Hall–Kier alpha value is -1.10. The van der Waals surface area contributed by atoms with Gasteiger partial charge in [-0.05, 0) is 34.7 Å². The van der Waals surface area contributed by atoms with E-state index in [-0.39, 0.29) is 18.0 Å². The molecule has 0 aromatic rings. The number of carboxylic acids is 1. The summed E-state index contributed by atoms with van der Waals surface area (Å²) in [5.41, 5.74) is -0.287. The van der Waals surface area contributed by atoms with Crippen molar-refractivity contribution in [3.8, 4) is 0 Å². The highest BCUT2D eigenvalue weighted by Crippen LogP contribution is 2.00. The van der Waals surface area contributed by atoms with Gasteiger partial charge in [0, 0.05) is 5.54 Å². The van der Waals surface area contributed by atoms with Crippen LogP contribution in [0.3, 0.4) is 0 Å². The zero-order chi connectivity index (χ0) is 12.2. The number of carbonyl (C=O) groups is 2. The van der Waals surface area contributed by atoms with Gasteiger partial charge in [0.05, 0.1) is 6.54 Å². The first-order valence-electron chi connectivity index (χ1n) is 4.87. The molecule has 0 aliphatic rings. The maximum atomic E-state index is 11.5. The molecule has 0 heterocycles. The molecule has 0 spiro atoms. The van der Waals surface area contributed by atoms with Crippen LogP contribution in [0.5, 0.6) is 0 Å². The third-order valence-corrected chi connectivity index (χ3v) is 1.93. The van der Waals surface area contributed by atoms with Gasteiger partial charge in [-0.1, -0.05) is 0 Å². The first-order valence-corrected chi connectivity index (χ1v) is 4.87. The molecule has 0 aromatic carbocycles. The number of carbonyl (C=O) groups excluding carboxylic acids is 1. The lowest BCUT2D eigenvalue weighted by atomic mass is 10.1. The van der Waals surface area contributed by atoms with Gasteiger partial charge in [-0.3, -0.25) is 14.5 Å². The number of carboxylic acid groups (broad SMARTS) is 1. The zero-order valence-corrected chi connectivity index (χ0v) is 10.00. The van der Waals surface area contributed by atoms with Gasteiger partial charge in [-0.2, -0.15) is 0 Å². The lowest BCUT2D eigenvalue weighted by Gasteiger charge is -2.25. The van der Waals surface area contributed by atoms with Crippen molar-refractivity contribution in [3.63, 3.8) is 0 Å². The third-order valence-electron chi connectivity index (χ3n) is 1.93. The Bertz CT molecular complexity index is 246. The van der Waals surface area contributed by atoms with Gasteiger partial charge < -0.3 is 10.4 Å². The number of rotatable bonds is 4. The van der Waals surface area contributed by atoms with Gasteiger partial charge in [0.15, 0.2) is 0 Å². The summed E-state index contributed by atoms with van der Waals surface area (Å²) in [6.45, 7) is 7.28. The van der Waals surface area contributed by atoms with E-state index in [2.05, 4.69) is 5.32 Å². The molecule has 0 aromatic heterocycles. The van der Waals surface area contributed by atoms with Crippen LogP contribution in [0, 0.1) is 0 Å². The molecule has 5 nitrogen and oxygen atoms in total. The average Bonchev–Trinajstić information content (AvgIpc) is 1.98. The van der Waals surface area contributed by atoms with Gasteiger partial charge in [0.25, 0.3) is 0 Å². The smallest absolute Gasteiger partial charge is 0.320 e. The van der Waals surface area contributed by atoms with Gasteiger partial charge in [-0.25, -0.2) is 0 Å². The fourth-order valence-corrected chi connectivity index (χ4v) is 1.01. The first kappa shape index (κ1) is 13.9. The predicted octanol–water partition coefficient (Wildman–Crippen LogP) is 0.306. The van der Waals surface area contributed by atoms with E-state index < -0.39 is 12.0 Å². The van der Waals surface area contributed by atoms with Crippen LogP contribution in [0.15, 0.2) is 0 Å². The molecule has 1 unspecified atom stereocenters. The standard InChI is InChI=1S/C10H20N2O3/c1-7(9(14)15)12(5)6-8(13)11-10(2,3)4/h7H,6H2,1-5H3,(H,11,13)(H,14,15). The lowest BCUT2D eigenvalue weighted by Crippen LogP contribution is -2.48. The van der Waals surface area contributed by atoms with Crippen LogP contribution >= 0.6 is 0 Å². The van der Waals surface area contributed by atoms with Gasteiger partial charge in [-0.15, -0.1) is 0 Å². The topological polar surface area (TPSA) is 69.6 Å². The van der Waals surface area contributed by atoms with E-state index in [4.69, 9.17) is 5.11 Å². The minimum Gasteiger partial charge on any atom is -0.480 e. The Morgan fingerprint density at radius 1 is 1.40 bits per heavy atom. The molecule has 88 valence electrons. The molecule has 0 rings (SSSR count). The Morgan fingerprint density at radius 3 is 2.20 bits per heavy atom. The van der Waals surface area contributed by atoms with E-state index in [0.29, 0.717) is 0 Å². The van der Waals surface area contributed by atoms with Crippen LogP contribution in [0.2, 0.25) is 0 Å². The Balaban J connectivity index is 4.13. The number of aliphatic carboxylic acids is 1. The molecule has 0 fully saturated rings. The quantitative estimate of drug-likeness (QED) is 0.709. The highest BCUT2D eigenvalue weighted by Gasteiger charge is 2.21. The molecule has 5 heteroatoms. The third kappa shape index (κ3) is 6.06. The Labute approximate surface area is 90.5 Å². The summed E-state index contributed by atoms with van der Waals surface area (Å²) in [5, 5.41) is 11.5. The van der Waals surface area contributed by atoms with Crippen LogP contribution in [0.4, 0.5) is 0 Å². The highest BCUT2D eigenvalue weighted by atomic mass is 16.4. The Kier molecular flexibility index (Phi) is 4.74. The molecule has 0 aliphatic carbocycles. The van der Waals surface area contributed by atoms with Crippen LogP contribution in [-0.2, 0) is 9.59 Å². The molecule has 15 heavy (non-hydrogen) atoms. The monoisotopic (exact) mass is 216 g/mol. The number of nitrogens with zero attached hydrogens (tertiary/aromatic N) is 1. The van der Waals surface area contributed by atoms with E-state index in [1.807, 2.05) is 20.8 Å². The van der Waals surface area contributed by atoms with E-state index in [9.17, 15) is 9.59 Å². The van der Waals surface area contributed by atoms with E-state index >= 15 is 0 Å². The van der Waals surface area contributed by atoms with Crippen molar-refractivity contribution >= 4 is 11.9 Å².